The van der Waals surface area contributed by atoms with E-state index in [0.717, 1.165) is 57.5 Å². The quantitative estimate of drug-likeness (QED) is 0.120. The molecular weight excluding hydrogens is 511 g/mol. The van der Waals surface area contributed by atoms with Crippen LogP contribution in [0.4, 0.5) is 8.78 Å². The van der Waals surface area contributed by atoms with Gasteiger partial charge in [-0.25, -0.2) is 0 Å². The average Bonchev–Trinajstić information content (AvgIpc) is 2.87. The summed E-state index contributed by atoms with van der Waals surface area (Å²) in [6.07, 6.45) is 10.7. The molecule has 2 nitrogen and oxygen atoms in total. The van der Waals surface area contributed by atoms with Gasteiger partial charge < -0.3 is 9.47 Å². The number of halogens is 2. The van der Waals surface area contributed by atoms with E-state index in [9.17, 15) is 8.78 Å². The van der Waals surface area contributed by atoms with Crippen LogP contribution in [-0.4, -0.2) is 41.1 Å². The van der Waals surface area contributed by atoms with E-state index in [1.54, 1.807) is 0 Å². The van der Waals surface area contributed by atoms with Crippen LogP contribution < -0.4 is 0 Å². The molecule has 38 heavy (non-hydrogen) atoms. The molecule has 226 valence electrons. The van der Waals surface area contributed by atoms with E-state index in [-0.39, 0.29) is 12.2 Å². The third-order valence-electron chi connectivity index (χ3n) is 10.1. The van der Waals surface area contributed by atoms with Crippen molar-refractivity contribution in [1.29, 1.82) is 0 Å². The smallest absolute Gasteiger partial charge is 0.358 e. The molecule has 0 bridgehead atoms. The number of alkyl halides is 2. The summed E-state index contributed by atoms with van der Waals surface area (Å²) in [4.78, 5) is 0. The fourth-order valence-electron chi connectivity index (χ4n) is 6.55. The zero-order valence-corrected chi connectivity index (χ0v) is 28.4. The van der Waals surface area contributed by atoms with Crippen LogP contribution in [0.5, 0.6) is 0 Å². The van der Waals surface area contributed by atoms with Crippen LogP contribution in [0.25, 0.3) is 0 Å². The Morgan fingerprint density at radius 1 is 0.763 bits per heavy atom. The largest absolute Gasteiger partial charge is 0.378 e. The monoisotopic (exact) mass is 574 g/mol. The van der Waals surface area contributed by atoms with Gasteiger partial charge in [0.2, 0.25) is 0 Å². The highest BCUT2D eigenvalue weighted by atomic mass is 28.3. The first kappa shape index (κ1) is 34.4. The third kappa shape index (κ3) is 13.3. The maximum Gasteiger partial charge on any atom is 0.358 e. The Morgan fingerprint density at radius 3 is 1.92 bits per heavy atom. The number of unbranched alkanes of at least 4 members (excludes halogenated alkanes) is 1. The van der Waals surface area contributed by atoms with Crippen LogP contribution in [0, 0.1) is 17.8 Å². The highest BCUT2D eigenvalue weighted by Crippen LogP contribution is 2.41. The Balaban J connectivity index is 1.57. The molecule has 2 aliphatic carbocycles. The van der Waals surface area contributed by atoms with Gasteiger partial charge >= 0.3 is 6.11 Å². The molecular formula is C32H64F2O2Si2. The normalized spacial score (nSPS) is 26.4. The molecule has 1 unspecified atom stereocenters. The number of rotatable bonds is 18. The van der Waals surface area contributed by atoms with Crippen molar-refractivity contribution in [2.75, 3.05) is 6.61 Å². The lowest BCUT2D eigenvalue weighted by Gasteiger charge is -2.37. The number of hydrogen-bond donors (Lipinski definition) is 0. The van der Waals surface area contributed by atoms with Crippen molar-refractivity contribution >= 4 is 16.1 Å². The molecule has 0 radical (unpaired) electrons. The van der Waals surface area contributed by atoms with E-state index in [4.69, 9.17) is 9.47 Å². The van der Waals surface area contributed by atoms with Crippen molar-refractivity contribution < 1.29 is 18.3 Å². The molecule has 2 saturated carbocycles. The van der Waals surface area contributed by atoms with Gasteiger partial charge in [-0.2, -0.15) is 8.78 Å². The van der Waals surface area contributed by atoms with Gasteiger partial charge in [-0.1, -0.05) is 103 Å². The summed E-state index contributed by atoms with van der Waals surface area (Å²) >= 11 is 0. The molecule has 0 N–H and O–H groups in total. The van der Waals surface area contributed by atoms with Crippen molar-refractivity contribution in [3.8, 4) is 0 Å². The molecule has 2 aliphatic rings. The van der Waals surface area contributed by atoms with Gasteiger partial charge in [0.15, 0.2) is 0 Å². The Bertz CT molecular complexity index is 627. The molecule has 0 spiro atoms. The van der Waals surface area contributed by atoms with Crippen LogP contribution >= 0.6 is 0 Å². The van der Waals surface area contributed by atoms with Crippen LogP contribution in [-0.2, 0) is 9.47 Å². The Kier molecular flexibility index (Phi) is 15.0. The van der Waals surface area contributed by atoms with Gasteiger partial charge in [-0.05, 0) is 69.6 Å². The molecule has 6 heteroatoms. The van der Waals surface area contributed by atoms with E-state index in [1.807, 2.05) is 0 Å². The second-order valence-corrected chi connectivity index (χ2v) is 25.4. The molecule has 0 aromatic carbocycles. The van der Waals surface area contributed by atoms with E-state index >= 15 is 0 Å². The summed E-state index contributed by atoms with van der Waals surface area (Å²) in [7, 11) is -2.20. The standard InChI is InChI=1S/C32H64F2O2Si2/c1-8-12-28-13-17-31(18-14-28)36-32(33,34)29-15-19-30(20-16-29)35-22-10-11-23-37(4,5)25-26-38(6,7)24-21-27(3)9-2/h27-31H,8-26H2,1-7H3. The Morgan fingerprint density at radius 2 is 1.34 bits per heavy atom. The third-order valence-corrected chi connectivity index (χ3v) is 17.1. The first-order chi connectivity index (χ1) is 17.9. The fourth-order valence-corrected chi connectivity index (χ4v) is 14.9. The highest BCUT2D eigenvalue weighted by molar-refractivity contribution is 6.82. The van der Waals surface area contributed by atoms with Crippen molar-refractivity contribution in [3.05, 3.63) is 0 Å². The van der Waals surface area contributed by atoms with Gasteiger partial charge in [0.1, 0.15) is 0 Å². The van der Waals surface area contributed by atoms with Crippen molar-refractivity contribution in [1.82, 2.24) is 0 Å². The first-order valence-electron chi connectivity index (χ1n) is 16.5. The minimum absolute atomic E-state index is 0.161. The van der Waals surface area contributed by atoms with Gasteiger partial charge in [-0.15, -0.1) is 0 Å². The summed E-state index contributed by atoms with van der Waals surface area (Å²) in [5.41, 5.74) is 0. The summed E-state index contributed by atoms with van der Waals surface area (Å²) in [6.45, 7) is 18.1. The summed E-state index contributed by atoms with van der Waals surface area (Å²) < 4.78 is 41.4. The van der Waals surface area contributed by atoms with Gasteiger partial charge in [-0.3, -0.25) is 0 Å². The van der Waals surface area contributed by atoms with Crippen LogP contribution in [0.2, 0.25) is 50.4 Å². The SMILES string of the molecule is CCCC1CCC(OC(F)(F)C2CCC(OCCCC[Si](C)(C)CC[Si](C)(C)CCC(C)CC)CC2)CC1. The second-order valence-electron chi connectivity index (χ2n) is 14.8. The molecule has 0 aromatic heterocycles. The maximum atomic E-state index is 14.9. The zero-order valence-electron chi connectivity index (χ0n) is 26.4. The van der Waals surface area contributed by atoms with Crippen LogP contribution in [0.1, 0.15) is 111 Å². The molecule has 2 fully saturated rings. The molecule has 0 aliphatic heterocycles. The van der Waals surface area contributed by atoms with Gasteiger partial charge in [0.05, 0.1) is 18.1 Å². The summed E-state index contributed by atoms with van der Waals surface area (Å²) in [5.74, 6) is 0.958. The Hall–Kier alpha value is 0.214. The lowest BCUT2D eigenvalue weighted by molar-refractivity contribution is -0.302. The average molecular weight is 575 g/mol. The molecule has 2 rings (SSSR count). The van der Waals surface area contributed by atoms with Gasteiger partial charge in [0, 0.05) is 22.8 Å². The van der Waals surface area contributed by atoms with Crippen molar-refractivity contribution in [2.45, 2.75) is 179 Å². The highest BCUT2D eigenvalue weighted by Gasteiger charge is 2.45. The van der Waals surface area contributed by atoms with Crippen LogP contribution in [0.3, 0.4) is 0 Å². The summed E-state index contributed by atoms with van der Waals surface area (Å²) in [6, 6.07) is 5.86. The lowest BCUT2D eigenvalue weighted by atomic mass is 9.84. The molecule has 0 saturated heterocycles. The number of hydrogen-bond acceptors (Lipinski definition) is 2. The zero-order chi connectivity index (χ0) is 28.2. The Labute approximate surface area is 237 Å². The van der Waals surface area contributed by atoms with Crippen molar-refractivity contribution in [3.63, 3.8) is 0 Å². The van der Waals surface area contributed by atoms with E-state index < -0.39 is 28.2 Å². The predicted octanol–water partition coefficient (Wildman–Crippen LogP) is 11.2. The molecule has 1 atom stereocenters. The summed E-state index contributed by atoms with van der Waals surface area (Å²) in [5, 5.41) is 0. The van der Waals surface area contributed by atoms with Gasteiger partial charge in [0.25, 0.3) is 0 Å². The van der Waals surface area contributed by atoms with E-state index in [1.165, 1.54) is 56.3 Å². The molecule has 0 amide bonds. The molecule has 0 aromatic rings. The fraction of sp³-hybridized carbons (Fsp3) is 1.00. The number of ether oxygens (including phenoxy) is 2. The minimum atomic E-state index is -2.98. The maximum absolute atomic E-state index is 14.9. The van der Waals surface area contributed by atoms with E-state index in [2.05, 4.69) is 47.0 Å². The molecule has 0 heterocycles. The van der Waals surface area contributed by atoms with Crippen LogP contribution in [0.15, 0.2) is 0 Å². The van der Waals surface area contributed by atoms with Crippen molar-refractivity contribution in [2.24, 2.45) is 17.8 Å². The predicted molar refractivity (Wildman–Crippen MR) is 166 cm³/mol. The minimum Gasteiger partial charge on any atom is -0.378 e. The second kappa shape index (κ2) is 16.6. The topological polar surface area (TPSA) is 18.5 Å². The van der Waals surface area contributed by atoms with E-state index in [0.29, 0.717) is 18.8 Å². The first-order valence-corrected chi connectivity index (χ1v) is 23.4. The lowest BCUT2D eigenvalue weighted by Crippen LogP contribution is -2.40.